The van der Waals surface area contributed by atoms with E-state index in [1.165, 1.54) is 12.1 Å². The van der Waals surface area contributed by atoms with Crippen molar-refractivity contribution in [2.75, 3.05) is 18.4 Å². The minimum atomic E-state index is -3.47. The van der Waals surface area contributed by atoms with Gasteiger partial charge in [0.05, 0.1) is 4.90 Å². The molecule has 23 heavy (non-hydrogen) atoms. The van der Waals surface area contributed by atoms with Crippen LogP contribution < -0.4 is 15.4 Å². The van der Waals surface area contributed by atoms with Crippen LogP contribution in [0.2, 0.25) is 0 Å². The highest BCUT2D eigenvalue weighted by atomic mass is 32.2. The fourth-order valence-corrected chi connectivity index (χ4v) is 3.79. The predicted molar refractivity (Wildman–Crippen MR) is 90.7 cm³/mol. The van der Waals surface area contributed by atoms with E-state index in [-0.39, 0.29) is 16.7 Å². The standard InChI is InChI=1S/C16H25N3O3S/c1-3-9-18-23(21,22)15-6-4-14(5-7-15)19-16(20)13-8-10-17-12(2)11-13/h4-7,12-13,17-18H,3,8-11H2,1-2H3,(H,19,20)/t12-,13-/m0/s1. The lowest BCUT2D eigenvalue weighted by Crippen LogP contribution is -2.40. The molecule has 0 unspecified atom stereocenters. The summed E-state index contributed by atoms with van der Waals surface area (Å²) in [6, 6.07) is 6.63. The molecule has 7 heteroatoms. The first-order valence-corrected chi connectivity index (χ1v) is 9.54. The average Bonchev–Trinajstić information content (AvgIpc) is 2.53. The van der Waals surface area contributed by atoms with Crippen LogP contribution in [0.4, 0.5) is 5.69 Å². The van der Waals surface area contributed by atoms with E-state index in [2.05, 4.69) is 22.3 Å². The smallest absolute Gasteiger partial charge is 0.240 e. The molecule has 1 amide bonds. The first kappa shape index (κ1) is 17.9. The normalized spacial score (nSPS) is 21.8. The van der Waals surface area contributed by atoms with Crippen LogP contribution in [-0.4, -0.2) is 33.5 Å². The van der Waals surface area contributed by atoms with E-state index in [9.17, 15) is 13.2 Å². The van der Waals surface area contributed by atoms with Crippen molar-refractivity contribution in [3.05, 3.63) is 24.3 Å². The molecule has 0 bridgehead atoms. The molecule has 0 aliphatic carbocycles. The zero-order valence-corrected chi connectivity index (χ0v) is 14.4. The van der Waals surface area contributed by atoms with Crippen molar-refractivity contribution in [2.24, 2.45) is 5.92 Å². The number of benzene rings is 1. The minimum Gasteiger partial charge on any atom is -0.326 e. The lowest BCUT2D eigenvalue weighted by Gasteiger charge is -2.27. The van der Waals surface area contributed by atoms with Gasteiger partial charge in [-0.25, -0.2) is 13.1 Å². The van der Waals surface area contributed by atoms with Crippen LogP contribution in [0.5, 0.6) is 0 Å². The van der Waals surface area contributed by atoms with E-state index in [4.69, 9.17) is 0 Å². The minimum absolute atomic E-state index is 0.000815. The maximum absolute atomic E-state index is 12.3. The molecule has 2 rings (SSSR count). The Bertz CT molecular complexity index is 628. The van der Waals surface area contributed by atoms with Crippen LogP contribution in [0.25, 0.3) is 0 Å². The van der Waals surface area contributed by atoms with Gasteiger partial charge in [-0.2, -0.15) is 0 Å². The van der Waals surface area contributed by atoms with Crippen LogP contribution in [-0.2, 0) is 14.8 Å². The van der Waals surface area contributed by atoms with Crippen molar-refractivity contribution >= 4 is 21.6 Å². The van der Waals surface area contributed by atoms with E-state index in [0.29, 0.717) is 18.3 Å². The van der Waals surface area contributed by atoms with Crippen molar-refractivity contribution < 1.29 is 13.2 Å². The summed E-state index contributed by atoms with van der Waals surface area (Å²) < 4.78 is 26.5. The Morgan fingerprint density at radius 2 is 2.00 bits per heavy atom. The third-order valence-corrected chi connectivity index (χ3v) is 5.45. The third kappa shape index (κ3) is 5.02. The Kier molecular flexibility index (Phi) is 6.15. The quantitative estimate of drug-likeness (QED) is 0.736. The van der Waals surface area contributed by atoms with Crippen LogP contribution in [0.1, 0.15) is 33.1 Å². The van der Waals surface area contributed by atoms with Gasteiger partial charge in [0.2, 0.25) is 15.9 Å². The fraction of sp³-hybridized carbons (Fsp3) is 0.562. The molecular weight excluding hydrogens is 314 g/mol. The van der Waals surface area contributed by atoms with E-state index in [1.54, 1.807) is 12.1 Å². The van der Waals surface area contributed by atoms with Gasteiger partial charge in [-0.3, -0.25) is 4.79 Å². The molecule has 0 aromatic heterocycles. The molecule has 1 aromatic rings. The van der Waals surface area contributed by atoms with Crippen LogP contribution >= 0.6 is 0 Å². The average molecular weight is 339 g/mol. The van der Waals surface area contributed by atoms with Crippen molar-refractivity contribution in [3.8, 4) is 0 Å². The summed E-state index contributed by atoms with van der Waals surface area (Å²) in [7, 11) is -3.47. The Morgan fingerprint density at radius 1 is 1.30 bits per heavy atom. The molecular formula is C16H25N3O3S. The number of hydrogen-bond donors (Lipinski definition) is 3. The van der Waals surface area contributed by atoms with Gasteiger partial charge in [-0.15, -0.1) is 0 Å². The zero-order valence-electron chi connectivity index (χ0n) is 13.6. The monoisotopic (exact) mass is 339 g/mol. The van der Waals surface area contributed by atoms with Gasteiger partial charge in [0.25, 0.3) is 0 Å². The van der Waals surface area contributed by atoms with Gasteiger partial charge < -0.3 is 10.6 Å². The molecule has 0 spiro atoms. The number of carbonyl (C=O) groups excluding carboxylic acids is 1. The Hall–Kier alpha value is -1.44. The predicted octanol–water partition coefficient (Wildman–Crippen LogP) is 1.70. The molecule has 1 heterocycles. The summed E-state index contributed by atoms with van der Waals surface area (Å²) in [6.45, 7) is 5.24. The Labute approximate surface area is 138 Å². The van der Waals surface area contributed by atoms with Gasteiger partial charge in [-0.1, -0.05) is 6.92 Å². The lowest BCUT2D eigenvalue weighted by atomic mass is 9.92. The molecule has 3 N–H and O–H groups in total. The number of piperidine rings is 1. The molecule has 128 valence electrons. The first-order chi connectivity index (χ1) is 10.9. The van der Waals surface area contributed by atoms with Crippen molar-refractivity contribution in [3.63, 3.8) is 0 Å². The molecule has 1 saturated heterocycles. The Morgan fingerprint density at radius 3 is 2.61 bits per heavy atom. The number of nitrogens with one attached hydrogen (secondary N) is 3. The second-order valence-electron chi connectivity index (χ2n) is 5.99. The number of hydrogen-bond acceptors (Lipinski definition) is 4. The SMILES string of the molecule is CCCNS(=O)(=O)c1ccc(NC(=O)[C@H]2CCN[C@@H](C)C2)cc1. The maximum atomic E-state index is 12.3. The van der Waals surface area contributed by atoms with Crippen LogP contribution in [0, 0.1) is 5.92 Å². The highest BCUT2D eigenvalue weighted by molar-refractivity contribution is 7.89. The van der Waals surface area contributed by atoms with E-state index < -0.39 is 10.0 Å². The van der Waals surface area contributed by atoms with Crippen molar-refractivity contribution in [2.45, 2.75) is 44.0 Å². The van der Waals surface area contributed by atoms with E-state index in [0.717, 1.165) is 25.8 Å². The molecule has 6 nitrogen and oxygen atoms in total. The molecule has 1 fully saturated rings. The van der Waals surface area contributed by atoms with Gasteiger partial charge in [-0.05, 0) is 57.0 Å². The largest absolute Gasteiger partial charge is 0.326 e. The van der Waals surface area contributed by atoms with Gasteiger partial charge in [0.15, 0.2) is 0 Å². The molecule has 0 saturated carbocycles. The van der Waals surface area contributed by atoms with Crippen LogP contribution in [0.15, 0.2) is 29.2 Å². The number of carbonyl (C=O) groups is 1. The van der Waals surface area contributed by atoms with Gasteiger partial charge >= 0.3 is 0 Å². The van der Waals surface area contributed by atoms with Gasteiger partial charge in [0, 0.05) is 24.2 Å². The zero-order chi connectivity index (χ0) is 16.9. The van der Waals surface area contributed by atoms with Crippen molar-refractivity contribution in [1.82, 2.24) is 10.0 Å². The van der Waals surface area contributed by atoms with Crippen LogP contribution in [0.3, 0.4) is 0 Å². The van der Waals surface area contributed by atoms with Gasteiger partial charge in [0.1, 0.15) is 0 Å². The van der Waals surface area contributed by atoms with E-state index in [1.807, 2.05) is 6.92 Å². The van der Waals surface area contributed by atoms with E-state index >= 15 is 0 Å². The molecule has 2 atom stereocenters. The number of rotatable bonds is 6. The van der Waals surface area contributed by atoms with Crippen molar-refractivity contribution in [1.29, 1.82) is 0 Å². The first-order valence-electron chi connectivity index (χ1n) is 8.06. The summed E-state index contributed by atoms with van der Waals surface area (Å²) in [5.74, 6) is -0.000977. The number of anilines is 1. The Balaban J connectivity index is 1.98. The summed E-state index contributed by atoms with van der Waals surface area (Å²) in [4.78, 5) is 12.5. The second kappa shape index (κ2) is 7.90. The summed E-state index contributed by atoms with van der Waals surface area (Å²) >= 11 is 0. The highest BCUT2D eigenvalue weighted by Crippen LogP contribution is 2.19. The summed E-state index contributed by atoms with van der Waals surface area (Å²) in [6.07, 6.45) is 2.38. The molecule has 0 radical (unpaired) electrons. The highest BCUT2D eigenvalue weighted by Gasteiger charge is 2.24. The number of amides is 1. The third-order valence-electron chi connectivity index (χ3n) is 3.97. The second-order valence-corrected chi connectivity index (χ2v) is 7.75. The molecule has 1 aromatic carbocycles. The lowest BCUT2D eigenvalue weighted by molar-refractivity contribution is -0.120. The summed E-state index contributed by atoms with van der Waals surface area (Å²) in [5.41, 5.74) is 0.621. The summed E-state index contributed by atoms with van der Waals surface area (Å²) in [5, 5.41) is 6.19. The maximum Gasteiger partial charge on any atom is 0.240 e. The topological polar surface area (TPSA) is 87.3 Å². The molecule has 1 aliphatic heterocycles. The molecule has 1 aliphatic rings. The fourth-order valence-electron chi connectivity index (χ4n) is 2.65. The number of sulfonamides is 1.